The molecule has 6 nitrogen and oxygen atoms in total. The Morgan fingerprint density at radius 1 is 1.30 bits per heavy atom. The molecule has 0 amide bonds. The molecule has 20 heavy (non-hydrogen) atoms. The molecule has 0 radical (unpaired) electrons. The largest absolute Gasteiger partial charge is 0.383 e. The van der Waals surface area contributed by atoms with Crippen molar-refractivity contribution < 1.29 is 8.42 Å². The number of hydrogen-bond acceptors (Lipinski definition) is 5. The second-order valence-electron chi connectivity index (χ2n) is 4.51. The van der Waals surface area contributed by atoms with Crippen molar-refractivity contribution in [2.24, 2.45) is 0 Å². The molecule has 1 aromatic carbocycles. The predicted molar refractivity (Wildman–Crippen MR) is 79.5 cm³/mol. The van der Waals surface area contributed by atoms with E-state index < -0.39 is 9.84 Å². The second-order valence-corrected chi connectivity index (χ2v) is 6.46. The third kappa shape index (κ3) is 2.93. The second kappa shape index (κ2) is 5.54. The van der Waals surface area contributed by atoms with E-state index in [9.17, 15) is 8.42 Å². The highest BCUT2D eigenvalue weighted by Crippen LogP contribution is 2.27. The van der Waals surface area contributed by atoms with Gasteiger partial charge in [0.05, 0.1) is 6.54 Å². The van der Waals surface area contributed by atoms with Crippen LogP contribution in [0, 0.1) is 0 Å². The number of benzene rings is 1. The van der Waals surface area contributed by atoms with Gasteiger partial charge in [0.25, 0.3) is 0 Å². The topological polar surface area (TPSA) is 90.0 Å². The van der Waals surface area contributed by atoms with E-state index in [-0.39, 0.29) is 10.7 Å². The Morgan fingerprint density at radius 2 is 1.95 bits per heavy atom. The average Bonchev–Trinajstić information content (AvgIpc) is 2.67. The minimum atomic E-state index is -3.43. The van der Waals surface area contributed by atoms with Crippen molar-refractivity contribution in [1.29, 1.82) is 0 Å². The van der Waals surface area contributed by atoms with Gasteiger partial charge in [0.15, 0.2) is 20.6 Å². The van der Waals surface area contributed by atoms with Crippen LogP contribution in [0.3, 0.4) is 0 Å². The lowest BCUT2D eigenvalue weighted by Gasteiger charge is -2.04. The Balaban J connectivity index is 2.45. The molecule has 108 valence electrons. The Morgan fingerprint density at radius 3 is 2.50 bits per heavy atom. The SMILES string of the molecule is CCNc1nn(Cc2ccccc2)c(N)c1S(C)(=O)=O. The van der Waals surface area contributed by atoms with E-state index in [1.807, 2.05) is 37.3 Å². The molecule has 0 fully saturated rings. The van der Waals surface area contributed by atoms with Crippen LogP contribution in [0.15, 0.2) is 35.2 Å². The summed E-state index contributed by atoms with van der Waals surface area (Å²) >= 11 is 0. The molecule has 0 spiro atoms. The Bertz CT molecular complexity index is 693. The monoisotopic (exact) mass is 294 g/mol. The molecule has 0 atom stereocenters. The quantitative estimate of drug-likeness (QED) is 0.868. The molecular weight excluding hydrogens is 276 g/mol. The third-order valence-corrected chi connectivity index (χ3v) is 3.98. The number of sulfone groups is 1. The van der Waals surface area contributed by atoms with Gasteiger partial charge in [0, 0.05) is 12.8 Å². The van der Waals surface area contributed by atoms with E-state index in [1.54, 1.807) is 0 Å². The highest BCUT2D eigenvalue weighted by Gasteiger charge is 2.23. The van der Waals surface area contributed by atoms with Gasteiger partial charge in [-0.25, -0.2) is 13.1 Å². The van der Waals surface area contributed by atoms with Gasteiger partial charge < -0.3 is 11.1 Å². The molecule has 0 saturated heterocycles. The molecule has 1 aromatic heterocycles. The molecule has 2 aromatic rings. The molecule has 0 bridgehead atoms. The molecular formula is C13H18N4O2S. The van der Waals surface area contributed by atoms with E-state index in [1.165, 1.54) is 4.68 Å². The number of aromatic nitrogens is 2. The molecule has 0 aliphatic rings. The summed E-state index contributed by atoms with van der Waals surface area (Å²) in [7, 11) is -3.43. The smallest absolute Gasteiger partial charge is 0.182 e. The fraction of sp³-hybridized carbons (Fsp3) is 0.308. The molecule has 0 aliphatic carbocycles. The number of rotatable bonds is 5. The molecule has 7 heteroatoms. The average molecular weight is 294 g/mol. The molecule has 0 unspecified atom stereocenters. The van der Waals surface area contributed by atoms with Crippen molar-refractivity contribution in [3.63, 3.8) is 0 Å². The third-order valence-electron chi connectivity index (χ3n) is 2.84. The summed E-state index contributed by atoms with van der Waals surface area (Å²) in [5.74, 6) is 0.468. The molecule has 0 saturated carbocycles. The van der Waals surface area contributed by atoms with Crippen molar-refractivity contribution in [3.8, 4) is 0 Å². The summed E-state index contributed by atoms with van der Waals surface area (Å²) in [4.78, 5) is 0.0651. The highest BCUT2D eigenvalue weighted by molar-refractivity contribution is 7.91. The van der Waals surface area contributed by atoms with E-state index in [4.69, 9.17) is 5.73 Å². The lowest BCUT2D eigenvalue weighted by molar-refractivity contribution is 0.602. The lowest BCUT2D eigenvalue weighted by atomic mass is 10.2. The first-order chi connectivity index (χ1) is 9.43. The van der Waals surface area contributed by atoms with Crippen LogP contribution in [0.4, 0.5) is 11.6 Å². The summed E-state index contributed by atoms with van der Waals surface area (Å²) in [5, 5.41) is 7.20. The zero-order chi connectivity index (χ0) is 14.8. The minimum Gasteiger partial charge on any atom is -0.383 e. The van der Waals surface area contributed by atoms with E-state index in [0.717, 1.165) is 11.8 Å². The maximum atomic E-state index is 11.8. The number of hydrogen-bond donors (Lipinski definition) is 2. The molecule has 2 rings (SSSR count). The van der Waals surface area contributed by atoms with Crippen LogP contribution in [0.2, 0.25) is 0 Å². The Labute approximate surface area is 118 Å². The normalized spacial score (nSPS) is 11.5. The van der Waals surface area contributed by atoms with Crippen LogP contribution in [-0.2, 0) is 16.4 Å². The number of nitrogen functional groups attached to an aromatic ring is 1. The summed E-state index contributed by atoms with van der Waals surface area (Å²) < 4.78 is 25.2. The lowest BCUT2D eigenvalue weighted by Crippen LogP contribution is -2.08. The molecule has 1 heterocycles. The van der Waals surface area contributed by atoms with Crippen molar-refractivity contribution in [1.82, 2.24) is 9.78 Å². The summed E-state index contributed by atoms with van der Waals surface area (Å²) in [6.45, 7) is 2.88. The molecule has 3 N–H and O–H groups in total. The van der Waals surface area contributed by atoms with Crippen LogP contribution < -0.4 is 11.1 Å². The van der Waals surface area contributed by atoms with Gasteiger partial charge in [-0.2, -0.15) is 5.10 Å². The fourth-order valence-corrected chi connectivity index (χ4v) is 2.93. The zero-order valence-corrected chi connectivity index (χ0v) is 12.3. The van der Waals surface area contributed by atoms with Gasteiger partial charge in [0.1, 0.15) is 5.82 Å². The van der Waals surface area contributed by atoms with Crippen LogP contribution in [0.1, 0.15) is 12.5 Å². The van der Waals surface area contributed by atoms with Gasteiger partial charge in [-0.3, -0.25) is 0 Å². The minimum absolute atomic E-state index is 0.0651. The predicted octanol–water partition coefficient (Wildman–Crippen LogP) is 1.35. The van der Waals surface area contributed by atoms with Gasteiger partial charge in [-0.15, -0.1) is 0 Å². The fourth-order valence-electron chi connectivity index (χ4n) is 1.98. The summed E-state index contributed by atoms with van der Waals surface area (Å²) in [6.07, 6.45) is 1.13. The van der Waals surface area contributed by atoms with Crippen molar-refractivity contribution in [2.75, 3.05) is 23.9 Å². The first-order valence-electron chi connectivity index (χ1n) is 6.27. The first kappa shape index (κ1) is 14.4. The first-order valence-corrected chi connectivity index (χ1v) is 8.16. The Kier molecular flexibility index (Phi) is 3.99. The van der Waals surface area contributed by atoms with Crippen LogP contribution in [0.5, 0.6) is 0 Å². The van der Waals surface area contributed by atoms with E-state index in [0.29, 0.717) is 18.9 Å². The number of nitrogens with zero attached hydrogens (tertiary/aromatic N) is 2. The maximum Gasteiger partial charge on any atom is 0.182 e. The summed E-state index contributed by atoms with van der Waals surface area (Å²) in [6, 6.07) is 9.62. The van der Waals surface area contributed by atoms with Crippen molar-refractivity contribution in [3.05, 3.63) is 35.9 Å². The van der Waals surface area contributed by atoms with Crippen molar-refractivity contribution >= 4 is 21.5 Å². The van der Waals surface area contributed by atoms with Crippen LogP contribution in [-0.4, -0.2) is 31.0 Å². The van der Waals surface area contributed by atoms with Crippen LogP contribution in [0.25, 0.3) is 0 Å². The maximum absolute atomic E-state index is 11.8. The van der Waals surface area contributed by atoms with E-state index in [2.05, 4.69) is 10.4 Å². The number of nitrogens with one attached hydrogen (secondary N) is 1. The van der Waals surface area contributed by atoms with E-state index >= 15 is 0 Å². The van der Waals surface area contributed by atoms with Crippen molar-refractivity contribution in [2.45, 2.75) is 18.4 Å². The zero-order valence-electron chi connectivity index (χ0n) is 11.5. The number of anilines is 2. The van der Waals surface area contributed by atoms with Crippen LogP contribution >= 0.6 is 0 Å². The Hall–Kier alpha value is -2.02. The van der Waals surface area contributed by atoms with Gasteiger partial charge >= 0.3 is 0 Å². The van der Waals surface area contributed by atoms with Gasteiger partial charge in [0.2, 0.25) is 0 Å². The number of nitrogens with two attached hydrogens (primary N) is 1. The van der Waals surface area contributed by atoms with Gasteiger partial charge in [-0.05, 0) is 12.5 Å². The summed E-state index contributed by atoms with van der Waals surface area (Å²) in [5.41, 5.74) is 6.95. The standard InChI is InChI=1S/C13H18N4O2S/c1-3-15-13-11(20(2,18)19)12(14)17(16-13)9-10-7-5-4-6-8-10/h4-8H,3,9,14H2,1-2H3,(H,15,16). The molecule has 0 aliphatic heterocycles. The van der Waals surface area contributed by atoms with Gasteiger partial charge in [-0.1, -0.05) is 30.3 Å². The highest BCUT2D eigenvalue weighted by atomic mass is 32.2.